The van der Waals surface area contributed by atoms with Crippen LogP contribution in [0.25, 0.3) is 5.57 Å². The van der Waals surface area contributed by atoms with Gasteiger partial charge in [-0.2, -0.15) is 4.31 Å². The number of hydrogen-bond acceptors (Lipinski definition) is 3. The minimum Gasteiger partial charge on any atom is -0.261 e. The molecule has 1 aromatic heterocycles. The van der Waals surface area contributed by atoms with E-state index in [0.29, 0.717) is 19.5 Å². The fraction of sp³-hybridized carbons (Fsp3) is 0.278. The van der Waals surface area contributed by atoms with Crippen LogP contribution in [0.5, 0.6) is 0 Å². The Morgan fingerprint density at radius 2 is 1.83 bits per heavy atom. The van der Waals surface area contributed by atoms with E-state index in [9.17, 15) is 8.42 Å². The molecule has 2 heterocycles. The first kappa shape index (κ1) is 15.9. The van der Waals surface area contributed by atoms with Crippen LogP contribution in [0.4, 0.5) is 0 Å². The van der Waals surface area contributed by atoms with Crippen molar-refractivity contribution in [2.24, 2.45) is 0 Å². The summed E-state index contributed by atoms with van der Waals surface area (Å²) in [5.74, 6) is 0.110. The van der Waals surface area contributed by atoms with E-state index in [2.05, 4.69) is 17.1 Å². The van der Waals surface area contributed by atoms with E-state index in [0.717, 1.165) is 12.1 Å². The molecule has 1 aliphatic heterocycles. The highest BCUT2D eigenvalue weighted by Crippen LogP contribution is 2.23. The van der Waals surface area contributed by atoms with Crippen LogP contribution in [0.2, 0.25) is 0 Å². The van der Waals surface area contributed by atoms with Gasteiger partial charge >= 0.3 is 0 Å². The van der Waals surface area contributed by atoms with Gasteiger partial charge in [-0.15, -0.1) is 0 Å². The number of rotatable bonds is 5. The third-order valence-electron chi connectivity index (χ3n) is 4.05. The first-order valence-corrected chi connectivity index (χ1v) is 9.38. The Bertz CT molecular complexity index is 771. The maximum Gasteiger partial charge on any atom is 0.214 e. The lowest BCUT2D eigenvalue weighted by Crippen LogP contribution is -2.36. The van der Waals surface area contributed by atoms with Crippen molar-refractivity contribution in [2.45, 2.75) is 12.8 Å². The highest BCUT2D eigenvalue weighted by atomic mass is 32.2. The van der Waals surface area contributed by atoms with Crippen molar-refractivity contribution in [3.8, 4) is 0 Å². The maximum absolute atomic E-state index is 12.5. The van der Waals surface area contributed by atoms with Crippen molar-refractivity contribution in [1.82, 2.24) is 9.29 Å². The molecule has 0 radical (unpaired) electrons. The zero-order valence-corrected chi connectivity index (χ0v) is 13.7. The van der Waals surface area contributed by atoms with Gasteiger partial charge in [-0.05, 0) is 29.7 Å². The molecule has 0 unspecified atom stereocenters. The number of benzene rings is 1. The van der Waals surface area contributed by atoms with Crippen LogP contribution < -0.4 is 0 Å². The number of nitrogens with zero attached hydrogens (tertiary/aromatic N) is 2. The molecule has 0 N–H and O–H groups in total. The summed E-state index contributed by atoms with van der Waals surface area (Å²) in [6, 6.07) is 15.7. The van der Waals surface area contributed by atoms with Crippen LogP contribution >= 0.6 is 0 Å². The van der Waals surface area contributed by atoms with Crippen molar-refractivity contribution in [2.75, 3.05) is 18.8 Å². The van der Waals surface area contributed by atoms with Gasteiger partial charge in [-0.1, -0.05) is 42.5 Å². The van der Waals surface area contributed by atoms with Gasteiger partial charge in [0, 0.05) is 31.4 Å². The Balaban J connectivity index is 1.63. The van der Waals surface area contributed by atoms with Crippen LogP contribution in [-0.4, -0.2) is 36.5 Å². The zero-order valence-electron chi connectivity index (χ0n) is 12.9. The SMILES string of the molecule is O=S(=O)(CCc1ccccn1)N1CC=C(c2ccccc2)CC1. The summed E-state index contributed by atoms with van der Waals surface area (Å²) in [6.45, 7) is 1.00. The molecule has 2 aromatic rings. The van der Waals surface area contributed by atoms with Gasteiger partial charge in [-0.25, -0.2) is 8.42 Å². The van der Waals surface area contributed by atoms with Crippen molar-refractivity contribution in [1.29, 1.82) is 0 Å². The Hall–Kier alpha value is -1.98. The third kappa shape index (κ3) is 4.06. The fourth-order valence-electron chi connectivity index (χ4n) is 2.73. The molecule has 1 aliphatic rings. The normalized spacial score (nSPS) is 16.1. The van der Waals surface area contributed by atoms with Gasteiger partial charge in [0.25, 0.3) is 0 Å². The largest absolute Gasteiger partial charge is 0.261 e. The van der Waals surface area contributed by atoms with Gasteiger partial charge in [0.05, 0.1) is 5.75 Å². The summed E-state index contributed by atoms with van der Waals surface area (Å²) < 4.78 is 26.5. The van der Waals surface area contributed by atoms with Crippen LogP contribution in [0.15, 0.2) is 60.8 Å². The van der Waals surface area contributed by atoms with Crippen molar-refractivity contribution in [3.63, 3.8) is 0 Å². The maximum atomic E-state index is 12.5. The lowest BCUT2D eigenvalue weighted by atomic mass is 10.0. The second-order valence-electron chi connectivity index (χ2n) is 5.59. The number of hydrogen-bond donors (Lipinski definition) is 0. The van der Waals surface area contributed by atoms with Crippen LogP contribution in [-0.2, 0) is 16.4 Å². The Kier molecular flexibility index (Phi) is 4.88. The standard InChI is InChI=1S/C18H20N2O2S/c21-23(22,15-11-18-8-4-5-12-19-18)20-13-9-17(10-14-20)16-6-2-1-3-7-16/h1-9,12H,10-11,13-15H2. The lowest BCUT2D eigenvalue weighted by Gasteiger charge is -2.26. The molecule has 0 atom stereocenters. The highest BCUT2D eigenvalue weighted by Gasteiger charge is 2.24. The summed E-state index contributed by atoms with van der Waals surface area (Å²) in [6.07, 6.45) is 4.93. The summed E-state index contributed by atoms with van der Waals surface area (Å²) in [7, 11) is -3.24. The molecule has 0 spiro atoms. The van der Waals surface area contributed by atoms with Gasteiger partial charge in [0.2, 0.25) is 10.0 Å². The van der Waals surface area contributed by atoms with Gasteiger partial charge < -0.3 is 0 Å². The van der Waals surface area contributed by atoms with E-state index in [1.165, 1.54) is 11.1 Å². The third-order valence-corrected chi connectivity index (χ3v) is 5.89. The molecular formula is C18H20N2O2S. The molecule has 23 heavy (non-hydrogen) atoms. The summed E-state index contributed by atoms with van der Waals surface area (Å²) in [4.78, 5) is 4.18. The van der Waals surface area contributed by atoms with E-state index < -0.39 is 10.0 Å². The van der Waals surface area contributed by atoms with Crippen molar-refractivity contribution < 1.29 is 8.42 Å². The molecule has 1 aromatic carbocycles. The van der Waals surface area contributed by atoms with E-state index in [1.807, 2.05) is 42.5 Å². The second-order valence-corrected chi connectivity index (χ2v) is 7.68. The predicted octanol–water partition coefficient (Wildman–Crippen LogP) is 2.74. The molecule has 0 bridgehead atoms. The first-order chi connectivity index (χ1) is 11.1. The van der Waals surface area contributed by atoms with Crippen molar-refractivity contribution in [3.05, 3.63) is 72.1 Å². The fourth-order valence-corrected chi connectivity index (χ4v) is 4.12. The molecule has 0 saturated carbocycles. The van der Waals surface area contributed by atoms with Gasteiger partial charge in [0.1, 0.15) is 0 Å². The van der Waals surface area contributed by atoms with Crippen LogP contribution in [0, 0.1) is 0 Å². The predicted molar refractivity (Wildman–Crippen MR) is 92.3 cm³/mol. The van der Waals surface area contributed by atoms with Crippen LogP contribution in [0.3, 0.4) is 0 Å². The Morgan fingerprint density at radius 3 is 2.48 bits per heavy atom. The summed E-state index contributed by atoms with van der Waals surface area (Å²) in [5, 5.41) is 0. The molecule has 120 valence electrons. The molecule has 0 amide bonds. The Labute approximate surface area is 137 Å². The Morgan fingerprint density at radius 1 is 1.04 bits per heavy atom. The van der Waals surface area contributed by atoms with Gasteiger partial charge in [-0.3, -0.25) is 4.98 Å². The lowest BCUT2D eigenvalue weighted by molar-refractivity contribution is 0.441. The molecule has 0 saturated heterocycles. The summed E-state index contributed by atoms with van der Waals surface area (Å²) in [5.41, 5.74) is 3.22. The highest BCUT2D eigenvalue weighted by molar-refractivity contribution is 7.89. The average Bonchev–Trinajstić information content (AvgIpc) is 2.62. The number of aryl methyl sites for hydroxylation is 1. The van der Waals surface area contributed by atoms with E-state index >= 15 is 0 Å². The number of pyridine rings is 1. The zero-order chi connectivity index (χ0) is 16.1. The molecule has 3 rings (SSSR count). The summed E-state index contributed by atoms with van der Waals surface area (Å²) >= 11 is 0. The first-order valence-electron chi connectivity index (χ1n) is 7.77. The van der Waals surface area contributed by atoms with E-state index in [4.69, 9.17) is 0 Å². The number of aromatic nitrogens is 1. The van der Waals surface area contributed by atoms with Crippen LogP contribution in [0.1, 0.15) is 17.7 Å². The molecule has 0 fully saturated rings. The smallest absolute Gasteiger partial charge is 0.214 e. The van der Waals surface area contributed by atoms with Gasteiger partial charge in [0.15, 0.2) is 0 Å². The average molecular weight is 328 g/mol. The van der Waals surface area contributed by atoms with E-state index in [-0.39, 0.29) is 5.75 Å². The molecular weight excluding hydrogens is 308 g/mol. The topological polar surface area (TPSA) is 50.3 Å². The molecule has 0 aliphatic carbocycles. The monoisotopic (exact) mass is 328 g/mol. The molecule has 5 heteroatoms. The van der Waals surface area contributed by atoms with E-state index in [1.54, 1.807) is 10.5 Å². The van der Waals surface area contributed by atoms with Crippen molar-refractivity contribution >= 4 is 15.6 Å². The minimum absolute atomic E-state index is 0.110. The molecule has 4 nitrogen and oxygen atoms in total. The number of sulfonamides is 1. The second kappa shape index (κ2) is 7.06. The minimum atomic E-state index is -3.24. The quantitative estimate of drug-likeness (QED) is 0.848.